The predicted molar refractivity (Wildman–Crippen MR) is 133 cm³/mol. The Balaban J connectivity index is 1.57. The van der Waals surface area contributed by atoms with Crippen LogP contribution in [0.2, 0.25) is 0 Å². The van der Waals surface area contributed by atoms with E-state index in [1.807, 2.05) is 26.0 Å². The average Bonchev–Trinajstić information content (AvgIpc) is 3.04. The van der Waals surface area contributed by atoms with Crippen molar-refractivity contribution in [1.82, 2.24) is 4.90 Å². The quantitative estimate of drug-likeness (QED) is 0.378. The summed E-state index contributed by atoms with van der Waals surface area (Å²) < 4.78 is 11.1. The van der Waals surface area contributed by atoms with Crippen LogP contribution in [0, 0.1) is 13.8 Å². The Morgan fingerprint density at radius 3 is 2.47 bits per heavy atom. The second kappa shape index (κ2) is 11.3. The summed E-state index contributed by atoms with van der Waals surface area (Å²) in [5.41, 5.74) is 3.51. The average molecular weight is 547 g/mol. The molecule has 10 heteroatoms. The van der Waals surface area contributed by atoms with Gasteiger partial charge in [-0.05, 0) is 95.5 Å². The van der Waals surface area contributed by atoms with E-state index in [0.717, 1.165) is 32.3 Å². The minimum atomic E-state index is -0.638. The minimum Gasteiger partial charge on any atom is -0.484 e. The molecule has 0 unspecified atom stereocenters. The number of halogens is 1. The molecule has 0 aromatic heterocycles. The highest BCUT2D eigenvalue weighted by Crippen LogP contribution is 2.32. The molecule has 0 atom stereocenters. The SMILES string of the molecule is CCOC(=O)CN1C(=O)S/C(=C\c2ccc(OCC(=O)Nc3cc(C)c(C)cc3Br)cc2)C1=O. The van der Waals surface area contributed by atoms with Gasteiger partial charge in [0.1, 0.15) is 12.3 Å². The first-order valence-electron chi connectivity index (χ1n) is 10.4. The van der Waals surface area contributed by atoms with Crippen LogP contribution < -0.4 is 10.1 Å². The topological polar surface area (TPSA) is 102 Å². The largest absolute Gasteiger partial charge is 0.484 e. The zero-order chi connectivity index (χ0) is 24.8. The molecule has 8 nitrogen and oxygen atoms in total. The number of ether oxygens (including phenoxy) is 2. The molecule has 0 bridgehead atoms. The Morgan fingerprint density at radius 1 is 1.12 bits per heavy atom. The summed E-state index contributed by atoms with van der Waals surface area (Å²) in [6, 6.07) is 10.6. The zero-order valence-corrected chi connectivity index (χ0v) is 21.2. The summed E-state index contributed by atoms with van der Waals surface area (Å²) in [6.07, 6.45) is 1.56. The normalized spacial score (nSPS) is 14.5. The molecule has 2 aromatic rings. The molecule has 1 saturated heterocycles. The van der Waals surface area contributed by atoms with Gasteiger partial charge in [-0.15, -0.1) is 0 Å². The highest BCUT2D eigenvalue weighted by Gasteiger charge is 2.36. The van der Waals surface area contributed by atoms with Crippen LogP contribution in [0.15, 0.2) is 45.8 Å². The first-order valence-corrected chi connectivity index (χ1v) is 12.0. The Kier molecular flexibility index (Phi) is 8.51. The van der Waals surface area contributed by atoms with Crippen molar-refractivity contribution in [3.05, 3.63) is 62.5 Å². The van der Waals surface area contributed by atoms with Crippen LogP contribution in [-0.2, 0) is 19.1 Å². The zero-order valence-electron chi connectivity index (χ0n) is 18.8. The lowest BCUT2D eigenvalue weighted by atomic mass is 10.1. The third-order valence-electron chi connectivity index (χ3n) is 4.87. The molecule has 0 saturated carbocycles. The number of rotatable bonds is 8. The molecule has 3 amide bonds. The number of hydrogen-bond donors (Lipinski definition) is 1. The number of amides is 3. The van der Waals surface area contributed by atoms with E-state index in [9.17, 15) is 19.2 Å². The van der Waals surface area contributed by atoms with Crippen LogP contribution in [-0.4, -0.2) is 47.7 Å². The molecule has 0 aliphatic carbocycles. The van der Waals surface area contributed by atoms with Crippen molar-refractivity contribution in [2.75, 3.05) is 25.1 Å². The Labute approximate surface area is 209 Å². The molecular weight excluding hydrogens is 524 g/mol. The molecule has 1 aliphatic heterocycles. The number of imide groups is 1. The lowest BCUT2D eigenvalue weighted by molar-refractivity contribution is -0.146. The van der Waals surface area contributed by atoms with Crippen molar-refractivity contribution >= 4 is 62.5 Å². The maximum Gasteiger partial charge on any atom is 0.326 e. The van der Waals surface area contributed by atoms with E-state index >= 15 is 0 Å². The summed E-state index contributed by atoms with van der Waals surface area (Å²) in [5.74, 6) is -1.01. The van der Waals surface area contributed by atoms with E-state index in [1.165, 1.54) is 0 Å². The van der Waals surface area contributed by atoms with Crippen LogP contribution >= 0.6 is 27.7 Å². The van der Waals surface area contributed by atoms with Crippen LogP contribution in [0.1, 0.15) is 23.6 Å². The fraction of sp³-hybridized carbons (Fsp3) is 0.250. The number of benzene rings is 2. The number of thioether (sulfide) groups is 1. The van der Waals surface area contributed by atoms with Gasteiger partial charge in [-0.2, -0.15) is 0 Å². The first-order chi connectivity index (χ1) is 16.2. The summed E-state index contributed by atoms with van der Waals surface area (Å²) in [5, 5.41) is 2.29. The van der Waals surface area contributed by atoms with E-state index in [2.05, 4.69) is 21.2 Å². The molecule has 0 spiro atoms. The number of nitrogens with zero attached hydrogens (tertiary/aromatic N) is 1. The molecule has 2 aromatic carbocycles. The maximum absolute atomic E-state index is 12.5. The Morgan fingerprint density at radius 2 is 1.79 bits per heavy atom. The van der Waals surface area contributed by atoms with Gasteiger partial charge in [0, 0.05) is 4.47 Å². The standard InChI is InChI=1S/C24H23BrN2O6S/c1-4-32-22(29)12-27-23(30)20(34-24(27)31)11-16-5-7-17(8-6-16)33-13-21(28)26-19-10-15(3)14(2)9-18(19)25/h5-11H,4,12-13H2,1-3H3,(H,26,28)/b20-11-. The number of aryl methyl sites for hydroxylation is 2. The smallest absolute Gasteiger partial charge is 0.326 e. The first kappa shape index (κ1) is 25.5. The van der Waals surface area contributed by atoms with Crippen molar-refractivity contribution in [3.63, 3.8) is 0 Å². The van der Waals surface area contributed by atoms with Crippen molar-refractivity contribution in [2.24, 2.45) is 0 Å². The monoisotopic (exact) mass is 546 g/mol. The van der Waals surface area contributed by atoms with Crippen LogP contribution in [0.5, 0.6) is 5.75 Å². The summed E-state index contributed by atoms with van der Waals surface area (Å²) >= 11 is 4.21. The molecule has 1 N–H and O–H groups in total. The van der Waals surface area contributed by atoms with E-state index in [-0.39, 0.29) is 24.0 Å². The Hall–Kier alpha value is -3.11. The fourth-order valence-corrected chi connectivity index (χ4v) is 4.39. The second-order valence-electron chi connectivity index (χ2n) is 7.40. The molecule has 1 aliphatic rings. The van der Waals surface area contributed by atoms with Crippen molar-refractivity contribution in [1.29, 1.82) is 0 Å². The van der Waals surface area contributed by atoms with Gasteiger partial charge in [-0.25, -0.2) is 0 Å². The van der Waals surface area contributed by atoms with E-state index in [0.29, 0.717) is 17.0 Å². The van der Waals surface area contributed by atoms with Crippen molar-refractivity contribution in [3.8, 4) is 5.75 Å². The summed E-state index contributed by atoms with van der Waals surface area (Å²) in [7, 11) is 0. The molecule has 0 radical (unpaired) electrons. The molecule has 34 heavy (non-hydrogen) atoms. The number of carbonyl (C=O) groups excluding carboxylic acids is 4. The van der Waals surface area contributed by atoms with Gasteiger partial charge in [-0.1, -0.05) is 12.1 Å². The highest BCUT2D eigenvalue weighted by molar-refractivity contribution is 9.10. The second-order valence-corrected chi connectivity index (χ2v) is 9.24. The van der Waals surface area contributed by atoms with E-state index < -0.39 is 23.7 Å². The van der Waals surface area contributed by atoms with Crippen LogP contribution in [0.4, 0.5) is 10.5 Å². The third kappa shape index (κ3) is 6.48. The summed E-state index contributed by atoms with van der Waals surface area (Å²) in [6.45, 7) is 5.19. The van der Waals surface area contributed by atoms with Crippen molar-refractivity contribution < 1.29 is 28.7 Å². The van der Waals surface area contributed by atoms with Gasteiger partial charge in [0.05, 0.1) is 17.2 Å². The van der Waals surface area contributed by atoms with Gasteiger partial charge in [0.25, 0.3) is 17.1 Å². The van der Waals surface area contributed by atoms with Gasteiger partial charge in [-0.3, -0.25) is 24.1 Å². The lowest BCUT2D eigenvalue weighted by Gasteiger charge is -2.11. The molecule has 1 heterocycles. The highest BCUT2D eigenvalue weighted by atomic mass is 79.9. The third-order valence-corrected chi connectivity index (χ3v) is 6.43. The Bertz CT molecular complexity index is 1160. The van der Waals surface area contributed by atoms with Gasteiger partial charge in [0.2, 0.25) is 0 Å². The fourth-order valence-electron chi connectivity index (χ4n) is 3.00. The molecule has 1 fully saturated rings. The van der Waals surface area contributed by atoms with E-state index in [1.54, 1.807) is 37.3 Å². The summed E-state index contributed by atoms with van der Waals surface area (Å²) in [4.78, 5) is 49.5. The lowest BCUT2D eigenvalue weighted by Crippen LogP contribution is -2.34. The van der Waals surface area contributed by atoms with Crippen LogP contribution in [0.25, 0.3) is 6.08 Å². The van der Waals surface area contributed by atoms with E-state index in [4.69, 9.17) is 9.47 Å². The predicted octanol–water partition coefficient (Wildman–Crippen LogP) is 4.68. The number of anilines is 1. The molecule has 178 valence electrons. The number of hydrogen-bond acceptors (Lipinski definition) is 7. The number of esters is 1. The van der Waals surface area contributed by atoms with Crippen LogP contribution in [0.3, 0.4) is 0 Å². The van der Waals surface area contributed by atoms with Gasteiger partial charge in [0.15, 0.2) is 6.61 Å². The minimum absolute atomic E-state index is 0.171. The number of carbonyl (C=O) groups is 4. The van der Waals surface area contributed by atoms with Gasteiger partial charge >= 0.3 is 5.97 Å². The van der Waals surface area contributed by atoms with Crippen molar-refractivity contribution in [2.45, 2.75) is 20.8 Å². The molecular formula is C24H23BrN2O6S. The van der Waals surface area contributed by atoms with Gasteiger partial charge < -0.3 is 14.8 Å². The molecule has 3 rings (SSSR count). The maximum atomic E-state index is 12.5. The number of nitrogens with one attached hydrogen (secondary N) is 1.